The van der Waals surface area contributed by atoms with Crippen molar-refractivity contribution in [1.29, 1.82) is 0 Å². The van der Waals surface area contributed by atoms with Crippen LogP contribution in [0.25, 0.3) is 10.9 Å². The van der Waals surface area contributed by atoms with Gasteiger partial charge in [-0.05, 0) is 30.0 Å². The smallest absolute Gasteiger partial charge is 0.239 e. The van der Waals surface area contributed by atoms with Crippen molar-refractivity contribution in [3.05, 3.63) is 34.9 Å². The fourth-order valence-corrected chi connectivity index (χ4v) is 2.12. The SMILES string of the molecule is CCCNC(=O)Cn1ccc2ccc(Br)cc21. The average molecular weight is 295 g/mol. The maximum absolute atomic E-state index is 11.7. The maximum atomic E-state index is 11.7. The molecule has 2 aromatic rings. The highest BCUT2D eigenvalue weighted by Crippen LogP contribution is 2.20. The predicted molar refractivity (Wildman–Crippen MR) is 72.9 cm³/mol. The second-order valence-corrected chi connectivity index (χ2v) is 4.91. The minimum atomic E-state index is 0.0596. The van der Waals surface area contributed by atoms with Gasteiger partial charge in [-0.2, -0.15) is 0 Å². The van der Waals surface area contributed by atoms with Crippen LogP contribution in [0.2, 0.25) is 0 Å². The summed E-state index contributed by atoms with van der Waals surface area (Å²) in [6.07, 6.45) is 2.91. The van der Waals surface area contributed by atoms with E-state index in [2.05, 4.69) is 21.2 Å². The highest BCUT2D eigenvalue weighted by molar-refractivity contribution is 9.10. The Hall–Kier alpha value is -1.29. The summed E-state index contributed by atoms with van der Waals surface area (Å²) in [5, 5.41) is 4.03. The highest BCUT2D eigenvalue weighted by atomic mass is 79.9. The number of halogens is 1. The minimum absolute atomic E-state index is 0.0596. The summed E-state index contributed by atoms with van der Waals surface area (Å²) in [6.45, 7) is 3.16. The fourth-order valence-electron chi connectivity index (χ4n) is 1.77. The Kier molecular flexibility index (Phi) is 3.84. The van der Waals surface area contributed by atoms with Crippen LogP contribution in [0.5, 0.6) is 0 Å². The van der Waals surface area contributed by atoms with Crippen molar-refractivity contribution < 1.29 is 4.79 Å². The molecule has 1 amide bonds. The number of benzene rings is 1. The van der Waals surface area contributed by atoms with E-state index in [1.54, 1.807) is 0 Å². The monoisotopic (exact) mass is 294 g/mol. The Morgan fingerprint density at radius 2 is 2.24 bits per heavy atom. The largest absolute Gasteiger partial charge is 0.355 e. The number of hydrogen-bond donors (Lipinski definition) is 1. The van der Waals surface area contributed by atoms with Gasteiger partial charge < -0.3 is 9.88 Å². The van der Waals surface area contributed by atoms with Crippen molar-refractivity contribution in [1.82, 2.24) is 9.88 Å². The quantitative estimate of drug-likeness (QED) is 0.924. The van der Waals surface area contributed by atoms with Crippen molar-refractivity contribution in [2.75, 3.05) is 6.54 Å². The van der Waals surface area contributed by atoms with Crippen molar-refractivity contribution in [2.24, 2.45) is 0 Å². The van der Waals surface area contributed by atoms with Crippen LogP contribution >= 0.6 is 15.9 Å². The Balaban J connectivity index is 2.18. The number of carbonyl (C=O) groups excluding carboxylic acids is 1. The summed E-state index contributed by atoms with van der Waals surface area (Å²) < 4.78 is 2.99. The van der Waals surface area contributed by atoms with Crippen LogP contribution < -0.4 is 5.32 Å². The number of carbonyl (C=O) groups is 1. The van der Waals surface area contributed by atoms with Gasteiger partial charge in [-0.25, -0.2) is 0 Å². The third-order valence-electron chi connectivity index (χ3n) is 2.62. The molecule has 0 aliphatic heterocycles. The maximum Gasteiger partial charge on any atom is 0.239 e. The summed E-state index contributed by atoms with van der Waals surface area (Å²) in [7, 11) is 0. The molecule has 4 heteroatoms. The van der Waals surface area contributed by atoms with E-state index >= 15 is 0 Å². The Bertz CT molecular complexity index is 533. The van der Waals surface area contributed by atoms with E-state index in [0.29, 0.717) is 6.54 Å². The van der Waals surface area contributed by atoms with Gasteiger partial charge in [0.05, 0.1) is 0 Å². The van der Waals surface area contributed by atoms with Gasteiger partial charge in [0.1, 0.15) is 6.54 Å². The first kappa shape index (κ1) is 12.2. The molecule has 0 unspecified atom stereocenters. The van der Waals surface area contributed by atoms with Crippen LogP contribution in [-0.2, 0) is 11.3 Å². The van der Waals surface area contributed by atoms with Gasteiger partial charge in [0.15, 0.2) is 0 Å². The molecule has 17 heavy (non-hydrogen) atoms. The van der Waals surface area contributed by atoms with Crippen LogP contribution in [0, 0.1) is 0 Å². The second-order valence-electron chi connectivity index (χ2n) is 4.00. The molecule has 2 rings (SSSR count). The van der Waals surface area contributed by atoms with Crippen LogP contribution in [-0.4, -0.2) is 17.0 Å². The predicted octanol–water partition coefficient (Wildman–Crippen LogP) is 2.93. The Morgan fingerprint density at radius 3 is 3.00 bits per heavy atom. The van der Waals surface area contributed by atoms with E-state index in [4.69, 9.17) is 0 Å². The molecule has 90 valence electrons. The third kappa shape index (κ3) is 2.88. The van der Waals surface area contributed by atoms with Gasteiger partial charge in [-0.1, -0.05) is 28.9 Å². The van der Waals surface area contributed by atoms with Gasteiger partial charge >= 0.3 is 0 Å². The molecule has 0 saturated heterocycles. The zero-order valence-corrected chi connectivity index (χ0v) is 11.3. The molecular formula is C13H15BrN2O. The number of aromatic nitrogens is 1. The first-order valence-electron chi connectivity index (χ1n) is 5.72. The van der Waals surface area contributed by atoms with Crippen LogP contribution in [0.15, 0.2) is 34.9 Å². The lowest BCUT2D eigenvalue weighted by molar-refractivity contribution is -0.121. The molecule has 0 fully saturated rings. The molecule has 0 aliphatic carbocycles. The van der Waals surface area contributed by atoms with Gasteiger partial charge in [-0.15, -0.1) is 0 Å². The summed E-state index contributed by atoms with van der Waals surface area (Å²) in [5.74, 6) is 0.0596. The number of nitrogens with zero attached hydrogens (tertiary/aromatic N) is 1. The lowest BCUT2D eigenvalue weighted by Gasteiger charge is -2.06. The van der Waals surface area contributed by atoms with Crippen LogP contribution in [0.1, 0.15) is 13.3 Å². The first-order chi connectivity index (χ1) is 8.20. The lowest BCUT2D eigenvalue weighted by Crippen LogP contribution is -2.27. The molecule has 3 nitrogen and oxygen atoms in total. The van der Waals surface area contributed by atoms with Gasteiger partial charge in [0, 0.05) is 22.7 Å². The summed E-state index contributed by atoms with van der Waals surface area (Å²) in [5.41, 5.74) is 1.08. The molecule has 0 radical (unpaired) electrons. The Morgan fingerprint density at radius 1 is 1.41 bits per heavy atom. The number of nitrogens with one attached hydrogen (secondary N) is 1. The molecule has 1 heterocycles. The van der Waals surface area contributed by atoms with Crippen LogP contribution in [0.4, 0.5) is 0 Å². The molecule has 1 aromatic heterocycles. The molecule has 0 aliphatic rings. The topological polar surface area (TPSA) is 34.0 Å². The number of amides is 1. The highest BCUT2D eigenvalue weighted by Gasteiger charge is 2.05. The van der Waals surface area contributed by atoms with E-state index in [9.17, 15) is 4.79 Å². The summed E-state index contributed by atoms with van der Waals surface area (Å²) in [6, 6.07) is 8.10. The lowest BCUT2D eigenvalue weighted by atomic mass is 10.2. The molecule has 0 spiro atoms. The normalized spacial score (nSPS) is 10.7. The molecule has 0 bridgehead atoms. The molecule has 0 saturated carbocycles. The van der Waals surface area contributed by atoms with Gasteiger partial charge in [0.25, 0.3) is 0 Å². The fraction of sp³-hybridized carbons (Fsp3) is 0.308. The van der Waals surface area contributed by atoms with Crippen molar-refractivity contribution >= 4 is 32.7 Å². The first-order valence-corrected chi connectivity index (χ1v) is 6.51. The molecule has 1 N–H and O–H groups in total. The standard InChI is InChI=1S/C13H15BrN2O/c1-2-6-15-13(17)9-16-7-5-10-3-4-11(14)8-12(10)16/h3-5,7-8H,2,6,9H2,1H3,(H,15,17). The van der Waals surface area contributed by atoms with E-state index in [-0.39, 0.29) is 5.91 Å². The summed E-state index contributed by atoms with van der Waals surface area (Å²) in [4.78, 5) is 11.7. The zero-order valence-electron chi connectivity index (χ0n) is 9.74. The molecule has 1 aromatic carbocycles. The number of fused-ring (bicyclic) bond motifs is 1. The van der Waals surface area contributed by atoms with Crippen molar-refractivity contribution in [2.45, 2.75) is 19.9 Å². The summed E-state index contributed by atoms with van der Waals surface area (Å²) >= 11 is 3.45. The zero-order chi connectivity index (χ0) is 12.3. The van der Waals surface area contributed by atoms with Gasteiger partial charge in [0.2, 0.25) is 5.91 Å². The van der Waals surface area contributed by atoms with E-state index < -0.39 is 0 Å². The van der Waals surface area contributed by atoms with E-state index in [0.717, 1.165) is 28.3 Å². The van der Waals surface area contributed by atoms with Crippen LogP contribution in [0.3, 0.4) is 0 Å². The third-order valence-corrected chi connectivity index (χ3v) is 3.12. The second kappa shape index (κ2) is 5.36. The van der Waals surface area contributed by atoms with Crippen molar-refractivity contribution in [3.63, 3.8) is 0 Å². The average Bonchev–Trinajstić information content (AvgIpc) is 2.69. The van der Waals surface area contributed by atoms with E-state index in [1.807, 2.05) is 42.0 Å². The minimum Gasteiger partial charge on any atom is -0.355 e. The van der Waals surface area contributed by atoms with Crippen molar-refractivity contribution in [3.8, 4) is 0 Å². The molecular weight excluding hydrogens is 280 g/mol. The number of hydrogen-bond acceptors (Lipinski definition) is 1. The Labute approximate surface area is 109 Å². The number of rotatable bonds is 4. The van der Waals surface area contributed by atoms with Gasteiger partial charge in [-0.3, -0.25) is 4.79 Å². The molecule has 0 atom stereocenters. The van der Waals surface area contributed by atoms with E-state index in [1.165, 1.54) is 0 Å².